The zero-order valence-corrected chi connectivity index (χ0v) is 15.4. The predicted octanol–water partition coefficient (Wildman–Crippen LogP) is 2.00. The van der Waals surface area contributed by atoms with Crippen LogP contribution in [0.1, 0.15) is 17.9 Å². The molecule has 1 aromatic rings. The summed E-state index contributed by atoms with van der Waals surface area (Å²) in [6.07, 6.45) is 0.386. The number of dihydropyridines is 1. The van der Waals surface area contributed by atoms with Crippen LogP contribution in [0.3, 0.4) is 0 Å². The van der Waals surface area contributed by atoms with E-state index >= 15 is 0 Å². The molecule has 1 N–H and O–H groups in total. The Morgan fingerprint density at radius 2 is 2.04 bits per heavy atom. The van der Waals surface area contributed by atoms with E-state index in [1.807, 2.05) is 22.6 Å². The van der Waals surface area contributed by atoms with Crippen LogP contribution in [0.25, 0.3) is 0 Å². The monoisotopic (exact) mass is 459 g/mol. The van der Waals surface area contributed by atoms with E-state index in [9.17, 15) is 17.6 Å². The fourth-order valence-corrected chi connectivity index (χ4v) is 5.84. The molecule has 4 rings (SSSR count). The third-order valence-electron chi connectivity index (χ3n) is 4.49. The first kappa shape index (κ1) is 16.2. The van der Waals surface area contributed by atoms with Crippen LogP contribution >= 0.6 is 22.6 Å². The highest BCUT2D eigenvalue weighted by molar-refractivity contribution is 14.1. The molecule has 3 aliphatic rings. The van der Waals surface area contributed by atoms with Crippen LogP contribution in [-0.2, 0) is 19.4 Å². The number of carbonyl (C=O) groups excluding carboxylic acids is 1. The van der Waals surface area contributed by atoms with Gasteiger partial charge in [-0.25, -0.2) is 12.8 Å². The molecule has 0 bridgehead atoms. The number of ketones is 1. The number of benzene rings is 1. The summed E-state index contributed by atoms with van der Waals surface area (Å²) in [6.45, 7) is 0.171. The number of hydrogen-bond donors (Lipinski definition) is 1. The molecule has 0 fully saturated rings. The average molecular weight is 459 g/mol. The van der Waals surface area contributed by atoms with Gasteiger partial charge in [0.15, 0.2) is 15.6 Å². The van der Waals surface area contributed by atoms with Crippen molar-refractivity contribution < 1.29 is 22.3 Å². The first-order valence-electron chi connectivity index (χ1n) is 7.40. The molecule has 0 aromatic heterocycles. The Bertz CT molecular complexity index is 935. The number of hydrogen-bond acceptors (Lipinski definition) is 5. The van der Waals surface area contributed by atoms with Crippen molar-refractivity contribution in [3.05, 3.63) is 55.0 Å². The van der Waals surface area contributed by atoms with Crippen molar-refractivity contribution in [2.45, 2.75) is 12.3 Å². The third-order valence-corrected chi connectivity index (χ3v) is 7.21. The number of Topliss-reactive ketones (excluding diaryl/α,β-unsaturated/α-hetero) is 1. The standard InChI is InChI=1S/C16H13FINO4S/c17-9-2-1-8(5-10(9)18)14-15-12(6-23-7-13(15)20)19-11-3-4-24(21,22)16(11)14/h1-2,5,14,19H,3-4,6-7H2/t14-/m1/s1/i18-2. The number of rotatable bonds is 1. The highest BCUT2D eigenvalue weighted by Gasteiger charge is 2.44. The number of carbonyl (C=O) groups is 1. The van der Waals surface area contributed by atoms with E-state index in [0.29, 0.717) is 32.5 Å². The van der Waals surface area contributed by atoms with E-state index in [1.54, 1.807) is 12.1 Å². The van der Waals surface area contributed by atoms with E-state index in [-0.39, 0.29) is 35.5 Å². The summed E-state index contributed by atoms with van der Waals surface area (Å²) in [5.74, 6) is -1.27. The Morgan fingerprint density at radius 3 is 2.79 bits per heavy atom. The molecule has 1 atom stereocenters. The minimum absolute atomic E-state index is 0.0229. The lowest BCUT2D eigenvalue weighted by Gasteiger charge is -2.33. The minimum Gasteiger partial charge on any atom is -0.367 e. The van der Waals surface area contributed by atoms with E-state index in [1.165, 1.54) is 6.07 Å². The Kier molecular flexibility index (Phi) is 3.81. The quantitative estimate of drug-likeness (QED) is 0.651. The van der Waals surface area contributed by atoms with Gasteiger partial charge in [-0.1, -0.05) is 6.07 Å². The van der Waals surface area contributed by atoms with Crippen molar-refractivity contribution in [2.24, 2.45) is 0 Å². The van der Waals surface area contributed by atoms with Crippen LogP contribution in [0, 0.1) is 9.39 Å². The van der Waals surface area contributed by atoms with Gasteiger partial charge in [-0.3, -0.25) is 4.79 Å². The van der Waals surface area contributed by atoms with Crippen molar-refractivity contribution in [1.82, 2.24) is 5.32 Å². The second kappa shape index (κ2) is 5.63. The molecule has 5 nitrogen and oxygen atoms in total. The van der Waals surface area contributed by atoms with Gasteiger partial charge in [0.25, 0.3) is 0 Å². The normalized spacial score (nSPS) is 25.4. The number of halogens is 2. The lowest BCUT2D eigenvalue weighted by molar-refractivity contribution is -0.121. The highest BCUT2D eigenvalue weighted by atomic mass is 125. The Morgan fingerprint density at radius 1 is 1.25 bits per heavy atom. The van der Waals surface area contributed by atoms with Crippen molar-refractivity contribution in [3.8, 4) is 0 Å². The van der Waals surface area contributed by atoms with Crippen LogP contribution in [0.5, 0.6) is 0 Å². The first-order chi connectivity index (χ1) is 11.4. The molecule has 0 spiro atoms. The molecule has 0 saturated carbocycles. The van der Waals surface area contributed by atoms with Crippen molar-refractivity contribution in [2.75, 3.05) is 19.0 Å². The molecule has 126 valence electrons. The van der Waals surface area contributed by atoms with Gasteiger partial charge in [0.2, 0.25) is 0 Å². The molecule has 0 radical (unpaired) electrons. The minimum atomic E-state index is -3.45. The van der Waals surface area contributed by atoms with Crippen molar-refractivity contribution >= 4 is 38.2 Å². The lowest BCUT2D eigenvalue weighted by atomic mass is 9.83. The first-order valence-corrected chi connectivity index (χ1v) is 10.1. The summed E-state index contributed by atoms with van der Waals surface area (Å²) in [7, 11) is -3.45. The van der Waals surface area contributed by atoms with Crippen molar-refractivity contribution in [1.29, 1.82) is 0 Å². The molecule has 1 aromatic carbocycles. The summed E-state index contributed by atoms with van der Waals surface area (Å²) in [5.41, 5.74) is 2.28. The van der Waals surface area contributed by atoms with Crippen LogP contribution in [0.4, 0.5) is 4.39 Å². The molecule has 0 aliphatic carbocycles. The fraction of sp³-hybridized carbons (Fsp3) is 0.312. The second-order valence-electron chi connectivity index (χ2n) is 5.95. The largest absolute Gasteiger partial charge is 0.367 e. The number of ether oxygens (including phenoxy) is 1. The summed E-state index contributed by atoms with van der Waals surface area (Å²) < 4.78 is 44.5. The zero-order valence-electron chi connectivity index (χ0n) is 12.4. The van der Waals surface area contributed by atoms with Gasteiger partial charge in [-0.15, -0.1) is 0 Å². The van der Waals surface area contributed by atoms with E-state index in [2.05, 4.69) is 5.32 Å². The lowest BCUT2D eigenvalue weighted by Crippen LogP contribution is -2.36. The SMILES string of the molecule is O=C1COCC2=C1[C@@H](c1ccc(F)c([125I])c1)C1=C(CCS1(=O)=O)N2. The van der Waals surface area contributed by atoms with Gasteiger partial charge < -0.3 is 10.1 Å². The van der Waals surface area contributed by atoms with Crippen LogP contribution in [0.15, 0.2) is 40.1 Å². The van der Waals surface area contributed by atoms with Gasteiger partial charge in [-0.05, 0) is 40.3 Å². The predicted molar refractivity (Wildman–Crippen MR) is 93.3 cm³/mol. The number of allylic oxidation sites excluding steroid dienone is 2. The van der Waals surface area contributed by atoms with Crippen LogP contribution < -0.4 is 5.32 Å². The van der Waals surface area contributed by atoms with Crippen LogP contribution in [0.2, 0.25) is 0 Å². The Labute approximate surface area is 152 Å². The van der Waals surface area contributed by atoms with Crippen molar-refractivity contribution in [3.63, 3.8) is 0 Å². The van der Waals surface area contributed by atoms with Gasteiger partial charge in [0, 0.05) is 27.0 Å². The Balaban J connectivity index is 1.96. The molecule has 0 amide bonds. The van der Waals surface area contributed by atoms with Gasteiger partial charge in [-0.2, -0.15) is 0 Å². The summed E-state index contributed by atoms with van der Waals surface area (Å²) >= 11 is 1.87. The second-order valence-corrected chi connectivity index (χ2v) is 9.19. The summed E-state index contributed by atoms with van der Waals surface area (Å²) in [5, 5.41) is 3.09. The molecular formula is C16H13FINO4S. The molecular weight excluding hydrogens is 446 g/mol. The van der Waals surface area contributed by atoms with E-state index in [0.717, 1.165) is 0 Å². The smallest absolute Gasteiger partial charge is 0.187 e. The maximum absolute atomic E-state index is 13.6. The van der Waals surface area contributed by atoms with Gasteiger partial charge >= 0.3 is 0 Å². The summed E-state index contributed by atoms with van der Waals surface area (Å²) in [6, 6.07) is 4.47. The molecule has 0 saturated heterocycles. The van der Waals surface area contributed by atoms with E-state index < -0.39 is 15.8 Å². The van der Waals surface area contributed by atoms with E-state index in [4.69, 9.17) is 4.74 Å². The number of nitrogens with one attached hydrogen (secondary N) is 1. The van der Waals surface area contributed by atoms with Gasteiger partial charge in [0.05, 0.1) is 23.2 Å². The molecule has 3 aliphatic heterocycles. The maximum atomic E-state index is 13.6. The maximum Gasteiger partial charge on any atom is 0.187 e. The number of sulfone groups is 1. The third kappa shape index (κ3) is 2.42. The molecule has 0 unspecified atom stereocenters. The molecule has 24 heavy (non-hydrogen) atoms. The molecule has 3 heterocycles. The Hall–Kier alpha value is -1.26. The average Bonchev–Trinajstić information content (AvgIpc) is 2.84. The van der Waals surface area contributed by atoms with Gasteiger partial charge in [0.1, 0.15) is 12.4 Å². The fourth-order valence-electron chi connectivity index (χ4n) is 3.47. The van der Waals surface area contributed by atoms with Crippen LogP contribution in [-0.4, -0.2) is 33.2 Å². The zero-order chi connectivity index (χ0) is 17.1. The summed E-state index contributed by atoms with van der Waals surface area (Å²) in [4.78, 5) is 12.7. The highest BCUT2D eigenvalue weighted by Crippen LogP contribution is 2.46. The molecule has 8 heteroatoms. The topological polar surface area (TPSA) is 72.5 Å².